The first-order valence-electron chi connectivity index (χ1n) is 7.58. The number of hydrogen-bond acceptors (Lipinski definition) is 5. The van der Waals surface area contributed by atoms with Gasteiger partial charge >= 0.3 is 0 Å². The highest BCUT2D eigenvalue weighted by Gasteiger charge is 2.25. The van der Waals surface area contributed by atoms with Gasteiger partial charge in [0.05, 0.1) is 0 Å². The lowest BCUT2D eigenvalue weighted by molar-refractivity contribution is 0.499. The van der Waals surface area contributed by atoms with E-state index in [0.717, 1.165) is 22.2 Å². The molecular formula is C14H18N6S. The van der Waals surface area contributed by atoms with Crippen LogP contribution >= 0.6 is 11.3 Å². The second kappa shape index (κ2) is 5.22. The minimum atomic E-state index is 0.183. The quantitative estimate of drug-likeness (QED) is 0.743. The zero-order chi connectivity index (χ0) is 14.2. The third kappa shape index (κ3) is 2.16. The molecule has 1 saturated carbocycles. The van der Waals surface area contributed by atoms with Gasteiger partial charge in [0, 0.05) is 18.3 Å². The lowest BCUT2D eigenvalue weighted by Gasteiger charge is -2.11. The number of rotatable bonds is 4. The highest BCUT2D eigenvalue weighted by Crippen LogP contribution is 2.34. The van der Waals surface area contributed by atoms with Gasteiger partial charge in [-0.05, 0) is 25.3 Å². The van der Waals surface area contributed by atoms with E-state index in [9.17, 15) is 0 Å². The first-order valence-corrected chi connectivity index (χ1v) is 8.39. The van der Waals surface area contributed by atoms with Crippen molar-refractivity contribution in [3.05, 3.63) is 29.3 Å². The molecule has 1 fully saturated rings. The largest absolute Gasteiger partial charge is 0.263 e. The summed E-state index contributed by atoms with van der Waals surface area (Å²) in [7, 11) is 0. The second-order valence-corrected chi connectivity index (χ2v) is 6.57. The van der Waals surface area contributed by atoms with Crippen LogP contribution in [0.1, 0.15) is 61.8 Å². The average Bonchev–Trinajstić information content (AvgIpc) is 3.25. The average molecular weight is 302 g/mol. The van der Waals surface area contributed by atoms with Gasteiger partial charge < -0.3 is 0 Å². The number of aromatic nitrogens is 6. The van der Waals surface area contributed by atoms with Crippen LogP contribution < -0.4 is 0 Å². The van der Waals surface area contributed by atoms with Crippen molar-refractivity contribution in [3.8, 4) is 0 Å². The zero-order valence-corrected chi connectivity index (χ0v) is 12.8. The van der Waals surface area contributed by atoms with E-state index in [0.29, 0.717) is 5.92 Å². The molecule has 21 heavy (non-hydrogen) atoms. The van der Waals surface area contributed by atoms with Crippen molar-refractivity contribution in [2.24, 2.45) is 0 Å². The molecule has 0 amide bonds. The summed E-state index contributed by atoms with van der Waals surface area (Å²) in [6.45, 7) is 2.16. The van der Waals surface area contributed by atoms with Crippen molar-refractivity contribution < 1.29 is 0 Å². The van der Waals surface area contributed by atoms with Crippen LogP contribution in [0, 0.1) is 0 Å². The summed E-state index contributed by atoms with van der Waals surface area (Å²) in [4.78, 5) is 0.900. The van der Waals surface area contributed by atoms with Crippen molar-refractivity contribution >= 4 is 16.3 Å². The maximum atomic E-state index is 4.79. The van der Waals surface area contributed by atoms with E-state index in [1.165, 1.54) is 25.7 Å². The van der Waals surface area contributed by atoms with E-state index in [2.05, 4.69) is 22.2 Å². The van der Waals surface area contributed by atoms with E-state index >= 15 is 0 Å². The summed E-state index contributed by atoms with van der Waals surface area (Å²) in [5.41, 5.74) is 0. The Morgan fingerprint density at radius 3 is 2.90 bits per heavy atom. The lowest BCUT2D eigenvalue weighted by atomic mass is 10.1. The molecule has 0 spiro atoms. The summed E-state index contributed by atoms with van der Waals surface area (Å²) in [5.74, 6) is 1.57. The van der Waals surface area contributed by atoms with Gasteiger partial charge in [-0.3, -0.25) is 4.68 Å². The van der Waals surface area contributed by atoms with Crippen molar-refractivity contribution in [1.29, 1.82) is 0 Å². The lowest BCUT2D eigenvalue weighted by Crippen LogP contribution is -2.11. The fourth-order valence-corrected chi connectivity index (χ4v) is 4.18. The Bertz CT molecular complexity index is 722. The van der Waals surface area contributed by atoms with Crippen LogP contribution in [-0.2, 0) is 0 Å². The SMILES string of the molecule is CC[C@@H](c1nn2c(C3CCCC3)nnc2s1)n1cccn1. The minimum absolute atomic E-state index is 0.183. The topological polar surface area (TPSA) is 60.9 Å². The summed E-state index contributed by atoms with van der Waals surface area (Å²) < 4.78 is 3.93. The normalized spacial score (nSPS) is 17.8. The molecule has 3 aromatic rings. The molecule has 0 N–H and O–H groups in total. The second-order valence-electron chi connectivity index (χ2n) is 5.58. The Morgan fingerprint density at radius 1 is 1.33 bits per heavy atom. The summed E-state index contributed by atoms with van der Waals surface area (Å²) >= 11 is 1.63. The first kappa shape index (κ1) is 12.9. The number of nitrogens with zero attached hydrogens (tertiary/aromatic N) is 6. The third-order valence-electron chi connectivity index (χ3n) is 4.27. The van der Waals surface area contributed by atoms with E-state index in [1.54, 1.807) is 11.3 Å². The van der Waals surface area contributed by atoms with E-state index in [1.807, 2.05) is 27.7 Å². The molecule has 110 valence electrons. The van der Waals surface area contributed by atoms with Gasteiger partial charge in [-0.25, -0.2) is 0 Å². The fourth-order valence-electron chi connectivity index (χ4n) is 3.16. The highest BCUT2D eigenvalue weighted by molar-refractivity contribution is 7.16. The highest BCUT2D eigenvalue weighted by atomic mass is 32.1. The Kier molecular flexibility index (Phi) is 3.21. The summed E-state index contributed by atoms with van der Waals surface area (Å²) in [6.07, 6.45) is 9.78. The molecular weight excluding hydrogens is 284 g/mol. The van der Waals surface area contributed by atoms with E-state index < -0.39 is 0 Å². The van der Waals surface area contributed by atoms with Crippen molar-refractivity contribution in [2.45, 2.75) is 51.0 Å². The van der Waals surface area contributed by atoms with Crippen LogP contribution in [0.3, 0.4) is 0 Å². The van der Waals surface area contributed by atoms with Gasteiger partial charge in [-0.15, -0.1) is 10.2 Å². The molecule has 3 aromatic heterocycles. The van der Waals surface area contributed by atoms with Gasteiger partial charge in [-0.1, -0.05) is 31.1 Å². The van der Waals surface area contributed by atoms with Crippen LogP contribution in [0.4, 0.5) is 0 Å². The Hall–Kier alpha value is -1.76. The molecule has 7 heteroatoms. The first-order chi connectivity index (χ1) is 10.4. The molecule has 0 aliphatic heterocycles. The van der Waals surface area contributed by atoms with Crippen molar-refractivity contribution in [2.75, 3.05) is 0 Å². The molecule has 0 aromatic carbocycles. The molecule has 0 radical (unpaired) electrons. The molecule has 1 aliphatic rings. The smallest absolute Gasteiger partial charge is 0.234 e. The van der Waals surface area contributed by atoms with E-state index in [-0.39, 0.29) is 6.04 Å². The molecule has 3 heterocycles. The fraction of sp³-hybridized carbons (Fsp3) is 0.571. The van der Waals surface area contributed by atoms with E-state index in [4.69, 9.17) is 5.10 Å². The van der Waals surface area contributed by atoms with Crippen LogP contribution in [0.15, 0.2) is 18.5 Å². The Balaban J connectivity index is 1.73. The molecule has 0 saturated heterocycles. The maximum Gasteiger partial charge on any atom is 0.234 e. The maximum absolute atomic E-state index is 4.79. The van der Waals surface area contributed by atoms with Crippen LogP contribution in [-0.4, -0.2) is 29.6 Å². The van der Waals surface area contributed by atoms with Crippen LogP contribution in [0.25, 0.3) is 4.96 Å². The standard InChI is InChI=1S/C14H18N6S/c1-2-11(19-9-5-8-15-19)13-18-20-12(10-6-3-4-7-10)16-17-14(20)21-13/h5,8-11H,2-4,6-7H2,1H3/t11-/m0/s1. The van der Waals surface area contributed by atoms with Gasteiger partial charge in [0.25, 0.3) is 0 Å². The molecule has 1 atom stereocenters. The van der Waals surface area contributed by atoms with Crippen LogP contribution in [0.5, 0.6) is 0 Å². The van der Waals surface area contributed by atoms with Gasteiger partial charge in [0.15, 0.2) is 5.82 Å². The molecule has 0 unspecified atom stereocenters. The molecule has 4 rings (SSSR count). The summed E-state index contributed by atoms with van der Waals surface area (Å²) in [6, 6.07) is 2.13. The Morgan fingerprint density at radius 2 is 2.19 bits per heavy atom. The van der Waals surface area contributed by atoms with Crippen molar-refractivity contribution in [3.63, 3.8) is 0 Å². The molecule has 0 bridgehead atoms. The van der Waals surface area contributed by atoms with Gasteiger partial charge in [0.2, 0.25) is 4.96 Å². The predicted octanol–water partition coefficient (Wildman–Crippen LogP) is 3.04. The third-order valence-corrected chi connectivity index (χ3v) is 5.27. The molecule has 6 nitrogen and oxygen atoms in total. The zero-order valence-electron chi connectivity index (χ0n) is 12.0. The number of hydrogen-bond donors (Lipinski definition) is 0. The number of fused-ring (bicyclic) bond motifs is 1. The summed E-state index contributed by atoms with van der Waals surface area (Å²) in [5, 5.41) is 18.9. The monoisotopic (exact) mass is 302 g/mol. The predicted molar refractivity (Wildman–Crippen MR) is 80.5 cm³/mol. The van der Waals surface area contributed by atoms with Crippen molar-refractivity contribution in [1.82, 2.24) is 29.6 Å². The Labute approximate surface area is 126 Å². The minimum Gasteiger partial charge on any atom is -0.263 e. The van der Waals surface area contributed by atoms with Gasteiger partial charge in [-0.2, -0.15) is 14.7 Å². The molecule has 1 aliphatic carbocycles. The van der Waals surface area contributed by atoms with Gasteiger partial charge in [0.1, 0.15) is 11.0 Å². The van der Waals surface area contributed by atoms with Crippen LogP contribution in [0.2, 0.25) is 0 Å².